The van der Waals surface area contributed by atoms with E-state index in [0.29, 0.717) is 6.42 Å². The molecule has 0 aliphatic heterocycles. The molecule has 62 valence electrons. The van der Waals surface area contributed by atoms with E-state index in [1.54, 1.807) is 0 Å². The lowest BCUT2D eigenvalue weighted by Crippen LogP contribution is -1.96. The predicted octanol–water partition coefficient (Wildman–Crippen LogP) is 2.37. The quantitative estimate of drug-likeness (QED) is 0.487. The predicted molar refractivity (Wildman–Crippen MR) is 45.4 cm³/mol. The highest BCUT2D eigenvalue weighted by Gasteiger charge is 1.98. The molecule has 0 rings (SSSR count). The molecular formula is C9H14O2. The number of carboxylic acids is 1. The highest BCUT2D eigenvalue weighted by molar-refractivity contribution is 5.85. The van der Waals surface area contributed by atoms with Crippen LogP contribution in [0.4, 0.5) is 0 Å². The van der Waals surface area contributed by atoms with E-state index in [-0.39, 0.29) is 5.57 Å². The Morgan fingerprint density at radius 3 is 2.64 bits per heavy atom. The lowest BCUT2D eigenvalue weighted by molar-refractivity contribution is -0.132. The fourth-order valence-corrected chi connectivity index (χ4v) is 0.597. The van der Waals surface area contributed by atoms with Crippen molar-refractivity contribution in [2.75, 3.05) is 0 Å². The third-order valence-corrected chi connectivity index (χ3v) is 1.29. The SMILES string of the molecule is C=C(C/C=C/CCC)C(=O)O. The highest BCUT2D eigenvalue weighted by atomic mass is 16.4. The second kappa shape index (κ2) is 5.71. The fraction of sp³-hybridized carbons (Fsp3) is 0.444. The molecule has 2 heteroatoms. The second-order valence-corrected chi connectivity index (χ2v) is 2.37. The van der Waals surface area contributed by atoms with E-state index in [1.807, 2.05) is 12.2 Å². The summed E-state index contributed by atoms with van der Waals surface area (Å²) >= 11 is 0. The van der Waals surface area contributed by atoms with E-state index in [0.717, 1.165) is 12.8 Å². The number of carbonyl (C=O) groups is 1. The molecule has 0 aromatic carbocycles. The summed E-state index contributed by atoms with van der Waals surface area (Å²) in [5.74, 6) is -0.911. The highest BCUT2D eigenvalue weighted by Crippen LogP contribution is 2.00. The molecule has 2 nitrogen and oxygen atoms in total. The zero-order valence-corrected chi connectivity index (χ0v) is 6.84. The summed E-state index contributed by atoms with van der Waals surface area (Å²) in [5, 5.41) is 8.41. The summed E-state index contributed by atoms with van der Waals surface area (Å²) < 4.78 is 0. The van der Waals surface area contributed by atoms with Gasteiger partial charge in [0, 0.05) is 5.57 Å². The van der Waals surface area contributed by atoms with Crippen LogP contribution in [0.2, 0.25) is 0 Å². The van der Waals surface area contributed by atoms with Crippen molar-refractivity contribution in [1.29, 1.82) is 0 Å². The minimum Gasteiger partial charge on any atom is -0.478 e. The van der Waals surface area contributed by atoms with Gasteiger partial charge < -0.3 is 5.11 Å². The molecule has 0 saturated carbocycles. The van der Waals surface area contributed by atoms with E-state index in [2.05, 4.69) is 13.5 Å². The van der Waals surface area contributed by atoms with Crippen LogP contribution >= 0.6 is 0 Å². The Labute approximate surface area is 67.2 Å². The van der Waals surface area contributed by atoms with Gasteiger partial charge in [0.15, 0.2) is 0 Å². The van der Waals surface area contributed by atoms with Gasteiger partial charge in [-0.2, -0.15) is 0 Å². The first kappa shape index (κ1) is 9.95. The zero-order chi connectivity index (χ0) is 8.69. The van der Waals surface area contributed by atoms with Gasteiger partial charge in [-0.3, -0.25) is 0 Å². The molecule has 11 heavy (non-hydrogen) atoms. The summed E-state index contributed by atoms with van der Waals surface area (Å²) in [4.78, 5) is 10.2. The van der Waals surface area contributed by atoms with Crippen molar-refractivity contribution in [2.45, 2.75) is 26.2 Å². The van der Waals surface area contributed by atoms with Crippen LogP contribution in [0.15, 0.2) is 24.3 Å². The van der Waals surface area contributed by atoms with Gasteiger partial charge >= 0.3 is 5.97 Å². The maximum absolute atomic E-state index is 10.2. The molecule has 0 radical (unpaired) electrons. The van der Waals surface area contributed by atoms with Crippen LogP contribution in [-0.2, 0) is 4.79 Å². The standard InChI is InChI=1S/C9H14O2/c1-3-4-5-6-7-8(2)9(10)11/h5-6H,2-4,7H2,1H3,(H,10,11)/b6-5+. The molecule has 0 atom stereocenters. The molecule has 0 aromatic heterocycles. The summed E-state index contributed by atoms with van der Waals surface area (Å²) in [5.41, 5.74) is 0.248. The van der Waals surface area contributed by atoms with E-state index in [1.165, 1.54) is 0 Å². The number of carboxylic acid groups (broad SMARTS) is 1. The molecule has 0 aromatic rings. The first-order chi connectivity index (χ1) is 5.18. The molecule has 0 aliphatic carbocycles. The van der Waals surface area contributed by atoms with Gasteiger partial charge in [0.1, 0.15) is 0 Å². The van der Waals surface area contributed by atoms with Crippen molar-refractivity contribution in [3.63, 3.8) is 0 Å². The number of allylic oxidation sites excluding steroid dienone is 2. The number of hydrogen-bond acceptors (Lipinski definition) is 1. The summed E-state index contributed by atoms with van der Waals surface area (Å²) in [6.45, 7) is 5.48. The topological polar surface area (TPSA) is 37.3 Å². The zero-order valence-electron chi connectivity index (χ0n) is 6.84. The maximum Gasteiger partial charge on any atom is 0.331 e. The normalized spacial score (nSPS) is 10.3. The van der Waals surface area contributed by atoms with E-state index in [9.17, 15) is 4.79 Å². The Hall–Kier alpha value is -1.05. The Kier molecular flexibility index (Phi) is 5.17. The van der Waals surface area contributed by atoms with Crippen molar-refractivity contribution in [3.8, 4) is 0 Å². The van der Waals surface area contributed by atoms with E-state index in [4.69, 9.17) is 5.11 Å². The van der Waals surface area contributed by atoms with Crippen LogP contribution in [-0.4, -0.2) is 11.1 Å². The Bertz CT molecular complexity index is 168. The van der Waals surface area contributed by atoms with Crippen molar-refractivity contribution in [1.82, 2.24) is 0 Å². The van der Waals surface area contributed by atoms with Gasteiger partial charge in [0.05, 0.1) is 0 Å². The Morgan fingerprint density at radius 1 is 1.55 bits per heavy atom. The van der Waals surface area contributed by atoms with Crippen LogP contribution in [0.1, 0.15) is 26.2 Å². The van der Waals surface area contributed by atoms with Gasteiger partial charge in [-0.15, -0.1) is 0 Å². The van der Waals surface area contributed by atoms with E-state index < -0.39 is 5.97 Å². The summed E-state index contributed by atoms with van der Waals surface area (Å²) in [6.07, 6.45) is 6.38. The van der Waals surface area contributed by atoms with Crippen molar-refractivity contribution >= 4 is 5.97 Å². The molecule has 0 aliphatic rings. The van der Waals surface area contributed by atoms with Gasteiger partial charge in [0.2, 0.25) is 0 Å². The van der Waals surface area contributed by atoms with Gasteiger partial charge in [-0.05, 0) is 12.8 Å². The first-order valence-corrected chi connectivity index (χ1v) is 3.74. The third-order valence-electron chi connectivity index (χ3n) is 1.29. The number of rotatable bonds is 5. The Balaban J connectivity index is 3.53. The molecule has 0 amide bonds. The smallest absolute Gasteiger partial charge is 0.331 e. The van der Waals surface area contributed by atoms with Crippen LogP contribution in [0.5, 0.6) is 0 Å². The number of hydrogen-bond donors (Lipinski definition) is 1. The maximum atomic E-state index is 10.2. The molecule has 0 bridgehead atoms. The van der Waals surface area contributed by atoms with Gasteiger partial charge in [-0.25, -0.2) is 4.79 Å². The largest absolute Gasteiger partial charge is 0.478 e. The average molecular weight is 154 g/mol. The minimum atomic E-state index is -0.911. The van der Waals surface area contributed by atoms with Crippen molar-refractivity contribution in [3.05, 3.63) is 24.3 Å². The van der Waals surface area contributed by atoms with Crippen LogP contribution in [0.3, 0.4) is 0 Å². The van der Waals surface area contributed by atoms with Gasteiger partial charge in [-0.1, -0.05) is 32.1 Å². The molecule has 0 unspecified atom stereocenters. The van der Waals surface area contributed by atoms with Crippen LogP contribution in [0, 0.1) is 0 Å². The molecular weight excluding hydrogens is 140 g/mol. The lowest BCUT2D eigenvalue weighted by Gasteiger charge is -1.91. The van der Waals surface area contributed by atoms with Crippen LogP contribution in [0.25, 0.3) is 0 Å². The Morgan fingerprint density at radius 2 is 2.18 bits per heavy atom. The van der Waals surface area contributed by atoms with Gasteiger partial charge in [0.25, 0.3) is 0 Å². The number of unbranched alkanes of at least 4 members (excludes halogenated alkanes) is 1. The second-order valence-electron chi connectivity index (χ2n) is 2.37. The molecule has 0 saturated heterocycles. The third kappa shape index (κ3) is 5.40. The molecule has 0 heterocycles. The molecule has 0 fully saturated rings. The minimum absolute atomic E-state index is 0.248. The van der Waals surface area contributed by atoms with Crippen molar-refractivity contribution < 1.29 is 9.90 Å². The summed E-state index contributed by atoms with van der Waals surface area (Å²) in [6, 6.07) is 0. The molecule has 0 spiro atoms. The van der Waals surface area contributed by atoms with E-state index >= 15 is 0 Å². The first-order valence-electron chi connectivity index (χ1n) is 3.74. The monoisotopic (exact) mass is 154 g/mol. The average Bonchev–Trinajstić information content (AvgIpc) is 1.97. The van der Waals surface area contributed by atoms with Crippen LogP contribution < -0.4 is 0 Å². The summed E-state index contributed by atoms with van der Waals surface area (Å²) in [7, 11) is 0. The number of aliphatic carboxylic acids is 1. The molecule has 1 N–H and O–H groups in total. The fourth-order valence-electron chi connectivity index (χ4n) is 0.597. The lowest BCUT2D eigenvalue weighted by atomic mass is 10.2. The van der Waals surface area contributed by atoms with Crippen molar-refractivity contribution in [2.24, 2.45) is 0 Å².